The summed E-state index contributed by atoms with van der Waals surface area (Å²) in [5, 5.41) is 20.3. The fraction of sp³-hybridized carbons (Fsp3) is 0.429. The Morgan fingerprint density at radius 1 is 1.47 bits per heavy atom. The van der Waals surface area contributed by atoms with E-state index in [0.717, 1.165) is 11.3 Å². The molecule has 0 bridgehead atoms. The highest BCUT2D eigenvalue weighted by atomic mass is 32.2. The second-order valence-corrected chi connectivity index (χ2v) is 5.38. The highest BCUT2D eigenvalue weighted by molar-refractivity contribution is 7.99. The van der Waals surface area contributed by atoms with Crippen molar-refractivity contribution in [3.8, 4) is 6.07 Å². The van der Waals surface area contributed by atoms with Gasteiger partial charge in [-0.05, 0) is 23.6 Å². The molecular weight excluding hydrogens is 260 g/mol. The van der Waals surface area contributed by atoms with E-state index in [4.69, 9.17) is 10.4 Å². The molecule has 0 aliphatic rings. The summed E-state index contributed by atoms with van der Waals surface area (Å²) < 4.78 is 0. The van der Waals surface area contributed by atoms with Gasteiger partial charge < -0.3 is 10.4 Å². The highest BCUT2D eigenvalue weighted by Gasteiger charge is 2.04. The molecule has 0 aromatic heterocycles. The first-order valence-electron chi connectivity index (χ1n) is 6.10. The Kier molecular flexibility index (Phi) is 7.01. The van der Waals surface area contributed by atoms with E-state index in [9.17, 15) is 4.79 Å². The second-order valence-electron chi connectivity index (χ2n) is 4.39. The van der Waals surface area contributed by atoms with Crippen molar-refractivity contribution in [1.82, 2.24) is 5.32 Å². The lowest BCUT2D eigenvalue weighted by Crippen LogP contribution is -2.30. The summed E-state index contributed by atoms with van der Waals surface area (Å²) >= 11 is 1.53. The number of hydrogen-bond acceptors (Lipinski definition) is 4. The third kappa shape index (κ3) is 6.27. The van der Waals surface area contributed by atoms with Crippen LogP contribution < -0.4 is 5.32 Å². The van der Waals surface area contributed by atoms with E-state index < -0.39 is 0 Å². The number of thioether (sulfide) groups is 1. The van der Waals surface area contributed by atoms with Crippen LogP contribution in [0.15, 0.2) is 24.3 Å². The molecule has 19 heavy (non-hydrogen) atoms. The summed E-state index contributed by atoms with van der Waals surface area (Å²) in [6.07, 6.45) is 0. The summed E-state index contributed by atoms with van der Waals surface area (Å²) in [5.41, 5.74) is 1.74. The maximum Gasteiger partial charge on any atom is 0.230 e. The number of benzene rings is 1. The number of nitrogens with zero attached hydrogens (tertiary/aromatic N) is 1. The van der Waals surface area contributed by atoms with Crippen molar-refractivity contribution < 1.29 is 9.90 Å². The van der Waals surface area contributed by atoms with Gasteiger partial charge in [-0.25, -0.2) is 0 Å². The van der Waals surface area contributed by atoms with Gasteiger partial charge >= 0.3 is 0 Å². The molecule has 0 spiro atoms. The number of carbonyl (C=O) groups excluding carboxylic acids is 1. The standard InChI is InChI=1S/C14H18N2O2S/c1-11(8-17)7-16-14(18)10-19-9-13-4-2-12(6-15)3-5-13/h2-5,11,17H,7-10H2,1H3,(H,16,18). The van der Waals surface area contributed by atoms with Gasteiger partial charge in [0.15, 0.2) is 0 Å². The second kappa shape index (κ2) is 8.57. The van der Waals surface area contributed by atoms with E-state index >= 15 is 0 Å². The van der Waals surface area contributed by atoms with E-state index in [1.54, 1.807) is 12.1 Å². The zero-order valence-electron chi connectivity index (χ0n) is 10.9. The molecule has 102 valence electrons. The third-order valence-corrected chi connectivity index (χ3v) is 3.55. The van der Waals surface area contributed by atoms with E-state index in [1.165, 1.54) is 11.8 Å². The monoisotopic (exact) mass is 278 g/mol. The average Bonchev–Trinajstić information content (AvgIpc) is 2.45. The average molecular weight is 278 g/mol. The molecule has 0 saturated carbocycles. The van der Waals surface area contributed by atoms with Gasteiger partial charge in [-0.1, -0.05) is 19.1 Å². The van der Waals surface area contributed by atoms with Crippen molar-refractivity contribution in [3.05, 3.63) is 35.4 Å². The molecule has 0 fully saturated rings. The van der Waals surface area contributed by atoms with Gasteiger partial charge in [-0.2, -0.15) is 5.26 Å². The Bertz CT molecular complexity index is 440. The van der Waals surface area contributed by atoms with Crippen molar-refractivity contribution in [2.75, 3.05) is 18.9 Å². The molecule has 0 aliphatic carbocycles. The van der Waals surface area contributed by atoms with Crippen LogP contribution >= 0.6 is 11.8 Å². The summed E-state index contributed by atoms with van der Waals surface area (Å²) in [4.78, 5) is 11.5. The fourth-order valence-corrected chi connectivity index (χ4v) is 2.16. The molecule has 4 nitrogen and oxygen atoms in total. The summed E-state index contributed by atoms with van der Waals surface area (Å²) in [6.45, 7) is 2.47. The largest absolute Gasteiger partial charge is 0.396 e. The molecule has 1 rings (SSSR count). The lowest BCUT2D eigenvalue weighted by molar-refractivity contribution is -0.118. The zero-order chi connectivity index (χ0) is 14.1. The van der Waals surface area contributed by atoms with Crippen molar-refractivity contribution >= 4 is 17.7 Å². The molecule has 0 heterocycles. The molecule has 1 aromatic rings. The summed E-state index contributed by atoms with van der Waals surface area (Å²) in [5.74, 6) is 1.22. The molecule has 1 atom stereocenters. The molecule has 0 saturated heterocycles. The van der Waals surface area contributed by atoms with Crippen molar-refractivity contribution in [2.24, 2.45) is 5.92 Å². The number of nitrogens with one attached hydrogen (secondary N) is 1. The zero-order valence-corrected chi connectivity index (χ0v) is 11.7. The van der Waals surface area contributed by atoms with Crippen LogP contribution in [0, 0.1) is 17.2 Å². The van der Waals surface area contributed by atoms with Gasteiger partial charge in [-0.15, -0.1) is 11.8 Å². The van der Waals surface area contributed by atoms with Crippen LogP contribution in [-0.2, 0) is 10.5 Å². The molecular formula is C14H18N2O2S. The molecule has 0 radical (unpaired) electrons. The fourth-order valence-electron chi connectivity index (χ4n) is 1.34. The number of hydrogen-bond donors (Lipinski definition) is 2. The quantitative estimate of drug-likeness (QED) is 0.793. The molecule has 1 amide bonds. The predicted molar refractivity (Wildman–Crippen MR) is 76.6 cm³/mol. The SMILES string of the molecule is CC(CO)CNC(=O)CSCc1ccc(C#N)cc1. The number of carbonyl (C=O) groups is 1. The molecule has 1 unspecified atom stereocenters. The van der Waals surface area contributed by atoms with Crippen molar-refractivity contribution in [3.63, 3.8) is 0 Å². The first kappa shape index (κ1) is 15.5. The number of amides is 1. The van der Waals surface area contributed by atoms with E-state index in [1.807, 2.05) is 19.1 Å². The van der Waals surface area contributed by atoms with Crippen LogP contribution in [0.5, 0.6) is 0 Å². The van der Waals surface area contributed by atoms with Gasteiger partial charge in [0.1, 0.15) is 0 Å². The maximum atomic E-state index is 11.5. The van der Waals surface area contributed by atoms with Gasteiger partial charge in [0.25, 0.3) is 0 Å². The Morgan fingerprint density at radius 2 is 2.16 bits per heavy atom. The minimum Gasteiger partial charge on any atom is -0.396 e. The Labute approximate surface area is 117 Å². The Hall–Kier alpha value is -1.51. The van der Waals surface area contributed by atoms with Gasteiger partial charge in [-0.3, -0.25) is 4.79 Å². The lowest BCUT2D eigenvalue weighted by atomic mass is 10.2. The molecule has 2 N–H and O–H groups in total. The van der Waals surface area contributed by atoms with E-state index in [2.05, 4.69) is 11.4 Å². The number of rotatable bonds is 7. The van der Waals surface area contributed by atoms with Gasteiger partial charge in [0.05, 0.1) is 17.4 Å². The van der Waals surface area contributed by atoms with Crippen LogP contribution in [0.2, 0.25) is 0 Å². The van der Waals surface area contributed by atoms with Crippen LogP contribution in [-0.4, -0.2) is 29.9 Å². The minimum absolute atomic E-state index is 0.0149. The van der Waals surface area contributed by atoms with E-state index in [-0.39, 0.29) is 18.4 Å². The first-order valence-corrected chi connectivity index (χ1v) is 7.25. The van der Waals surface area contributed by atoms with Crippen LogP contribution in [0.1, 0.15) is 18.1 Å². The Balaban J connectivity index is 2.22. The highest BCUT2D eigenvalue weighted by Crippen LogP contribution is 2.12. The van der Waals surface area contributed by atoms with Crippen LogP contribution in [0.3, 0.4) is 0 Å². The van der Waals surface area contributed by atoms with Crippen molar-refractivity contribution in [1.29, 1.82) is 5.26 Å². The first-order chi connectivity index (χ1) is 9.15. The third-order valence-electron chi connectivity index (χ3n) is 2.54. The molecule has 5 heteroatoms. The van der Waals surface area contributed by atoms with Gasteiger partial charge in [0.2, 0.25) is 5.91 Å². The van der Waals surface area contributed by atoms with Crippen LogP contribution in [0.25, 0.3) is 0 Å². The number of aliphatic hydroxyl groups is 1. The lowest BCUT2D eigenvalue weighted by Gasteiger charge is -2.09. The smallest absolute Gasteiger partial charge is 0.230 e. The van der Waals surface area contributed by atoms with Gasteiger partial charge in [0, 0.05) is 18.9 Å². The van der Waals surface area contributed by atoms with E-state index in [0.29, 0.717) is 17.9 Å². The summed E-state index contributed by atoms with van der Waals surface area (Å²) in [7, 11) is 0. The van der Waals surface area contributed by atoms with Crippen molar-refractivity contribution in [2.45, 2.75) is 12.7 Å². The topological polar surface area (TPSA) is 73.1 Å². The maximum absolute atomic E-state index is 11.5. The Morgan fingerprint density at radius 3 is 2.74 bits per heavy atom. The molecule has 0 aliphatic heterocycles. The summed E-state index contributed by atoms with van der Waals surface area (Å²) in [6, 6.07) is 9.42. The minimum atomic E-state index is -0.0149. The molecule has 1 aromatic carbocycles. The predicted octanol–water partition coefficient (Wildman–Crippen LogP) is 1.54. The number of nitriles is 1. The normalized spacial score (nSPS) is 11.6. The van der Waals surface area contributed by atoms with Crippen LogP contribution in [0.4, 0.5) is 0 Å². The number of aliphatic hydroxyl groups excluding tert-OH is 1.